The van der Waals surface area contributed by atoms with E-state index in [1.807, 2.05) is 36.9 Å². The van der Waals surface area contributed by atoms with Gasteiger partial charge in [-0.15, -0.1) is 0 Å². The van der Waals surface area contributed by atoms with Crippen LogP contribution in [-0.4, -0.2) is 28.5 Å². The van der Waals surface area contributed by atoms with Crippen LogP contribution in [0.3, 0.4) is 0 Å². The van der Waals surface area contributed by atoms with Gasteiger partial charge in [0.15, 0.2) is 0 Å². The second-order valence-electron chi connectivity index (χ2n) is 5.40. The Balaban J connectivity index is 1.70. The summed E-state index contributed by atoms with van der Waals surface area (Å²) < 4.78 is 6.85. The molecule has 0 bridgehead atoms. The lowest BCUT2D eigenvalue weighted by Gasteiger charge is -2.12. The van der Waals surface area contributed by atoms with Crippen molar-refractivity contribution in [3.05, 3.63) is 52.1 Å². The highest BCUT2D eigenvalue weighted by Crippen LogP contribution is 2.23. The van der Waals surface area contributed by atoms with Crippen molar-refractivity contribution in [1.82, 2.24) is 4.98 Å². The zero-order valence-corrected chi connectivity index (χ0v) is 15.1. The molecule has 0 spiro atoms. The number of pyridine rings is 1. The Kier molecular flexibility index (Phi) is 5.23. The average molecular weight is 393 g/mol. The van der Waals surface area contributed by atoms with Crippen molar-refractivity contribution in [3.8, 4) is 5.88 Å². The second-order valence-corrected chi connectivity index (χ2v) is 7.41. The molecule has 1 atom stereocenters. The largest absolute Gasteiger partial charge is 0.473 e. The molecular formula is C17H17BrN2O2S. The standard InChI is InChI=1S/C17H17BrN2O2S/c1-11-8-13(2-3-15(11)18)20-17(21)12-4-6-19-16(9-12)22-14-5-7-23-10-14/h2-4,6,8-9,14H,5,7,10H2,1H3,(H,20,21). The number of carbonyl (C=O) groups excluding carboxylic acids is 1. The number of amides is 1. The Morgan fingerprint density at radius 2 is 2.26 bits per heavy atom. The number of anilines is 1. The molecule has 1 aromatic carbocycles. The lowest BCUT2D eigenvalue weighted by Crippen LogP contribution is -2.17. The van der Waals surface area contributed by atoms with Crippen LogP contribution in [0.25, 0.3) is 0 Å². The number of aryl methyl sites for hydroxylation is 1. The first kappa shape index (κ1) is 16.3. The van der Waals surface area contributed by atoms with Gasteiger partial charge in [0.25, 0.3) is 5.91 Å². The number of rotatable bonds is 4. The van der Waals surface area contributed by atoms with E-state index in [-0.39, 0.29) is 12.0 Å². The van der Waals surface area contributed by atoms with Crippen LogP contribution in [0, 0.1) is 6.92 Å². The number of hydrogen-bond donors (Lipinski definition) is 1. The topological polar surface area (TPSA) is 51.2 Å². The first-order valence-electron chi connectivity index (χ1n) is 7.40. The van der Waals surface area contributed by atoms with E-state index in [9.17, 15) is 4.79 Å². The molecule has 1 unspecified atom stereocenters. The zero-order valence-electron chi connectivity index (χ0n) is 12.7. The van der Waals surface area contributed by atoms with Gasteiger partial charge in [-0.1, -0.05) is 15.9 Å². The van der Waals surface area contributed by atoms with E-state index in [0.29, 0.717) is 11.4 Å². The zero-order chi connectivity index (χ0) is 16.2. The van der Waals surface area contributed by atoms with Crippen LogP contribution in [0.5, 0.6) is 5.88 Å². The molecule has 1 fully saturated rings. The number of thioether (sulfide) groups is 1. The average Bonchev–Trinajstić information content (AvgIpc) is 3.04. The fourth-order valence-electron chi connectivity index (χ4n) is 2.32. The lowest BCUT2D eigenvalue weighted by atomic mass is 10.2. The van der Waals surface area contributed by atoms with Crippen LogP contribution in [0.4, 0.5) is 5.69 Å². The molecular weight excluding hydrogens is 376 g/mol. The molecule has 3 rings (SSSR count). The van der Waals surface area contributed by atoms with E-state index in [1.54, 1.807) is 18.3 Å². The number of nitrogens with one attached hydrogen (secondary N) is 1. The van der Waals surface area contributed by atoms with Gasteiger partial charge in [-0.2, -0.15) is 11.8 Å². The van der Waals surface area contributed by atoms with Crippen molar-refractivity contribution in [3.63, 3.8) is 0 Å². The summed E-state index contributed by atoms with van der Waals surface area (Å²) in [4.78, 5) is 16.6. The summed E-state index contributed by atoms with van der Waals surface area (Å²) in [5.41, 5.74) is 2.38. The van der Waals surface area contributed by atoms with Gasteiger partial charge in [0.1, 0.15) is 6.10 Å². The molecule has 0 aliphatic carbocycles. The monoisotopic (exact) mass is 392 g/mol. The summed E-state index contributed by atoms with van der Waals surface area (Å²) in [6, 6.07) is 9.10. The number of benzene rings is 1. The maximum absolute atomic E-state index is 12.4. The van der Waals surface area contributed by atoms with Crippen molar-refractivity contribution in [2.75, 3.05) is 16.8 Å². The fraction of sp³-hybridized carbons (Fsp3) is 0.294. The quantitative estimate of drug-likeness (QED) is 0.842. The van der Waals surface area contributed by atoms with Gasteiger partial charge in [-0.3, -0.25) is 4.79 Å². The third-order valence-corrected chi connectivity index (χ3v) is 5.61. The molecule has 1 aromatic heterocycles. The summed E-state index contributed by atoms with van der Waals surface area (Å²) in [6.07, 6.45) is 2.83. The summed E-state index contributed by atoms with van der Waals surface area (Å²) >= 11 is 5.33. The smallest absolute Gasteiger partial charge is 0.255 e. The van der Waals surface area contributed by atoms with E-state index in [0.717, 1.165) is 33.7 Å². The molecule has 4 nitrogen and oxygen atoms in total. The van der Waals surface area contributed by atoms with Crippen LogP contribution in [0.15, 0.2) is 41.0 Å². The number of aromatic nitrogens is 1. The summed E-state index contributed by atoms with van der Waals surface area (Å²) in [5, 5.41) is 2.90. The van der Waals surface area contributed by atoms with Gasteiger partial charge in [0.2, 0.25) is 5.88 Å². The SMILES string of the molecule is Cc1cc(NC(=O)c2ccnc(OC3CCSC3)c2)ccc1Br. The highest BCUT2D eigenvalue weighted by atomic mass is 79.9. The Morgan fingerprint density at radius 1 is 1.39 bits per heavy atom. The molecule has 2 heterocycles. The maximum Gasteiger partial charge on any atom is 0.255 e. The minimum Gasteiger partial charge on any atom is -0.473 e. The normalized spacial score (nSPS) is 17.0. The van der Waals surface area contributed by atoms with Crippen LogP contribution in [0.1, 0.15) is 22.3 Å². The maximum atomic E-state index is 12.4. The minimum absolute atomic E-state index is 0.167. The summed E-state index contributed by atoms with van der Waals surface area (Å²) in [7, 11) is 0. The van der Waals surface area contributed by atoms with Gasteiger partial charge >= 0.3 is 0 Å². The van der Waals surface area contributed by atoms with Crippen LogP contribution >= 0.6 is 27.7 Å². The molecule has 1 amide bonds. The van der Waals surface area contributed by atoms with Crippen LogP contribution in [0.2, 0.25) is 0 Å². The molecule has 23 heavy (non-hydrogen) atoms. The number of ether oxygens (including phenoxy) is 1. The molecule has 6 heteroatoms. The fourth-order valence-corrected chi connectivity index (χ4v) is 3.66. The van der Waals surface area contributed by atoms with Gasteiger partial charge in [0.05, 0.1) is 0 Å². The molecule has 120 valence electrons. The van der Waals surface area contributed by atoms with E-state index in [4.69, 9.17) is 4.74 Å². The van der Waals surface area contributed by atoms with Crippen molar-refractivity contribution >= 4 is 39.3 Å². The molecule has 0 saturated carbocycles. The molecule has 0 radical (unpaired) electrons. The van der Waals surface area contributed by atoms with Gasteiger partial charge in [-0.05, 0) is 48.9 Å². The van der Waals surface area contributed by atoms with Crippen molar-refractivity contribution in [2.24, 2.45) is 0 Å². The van der Waals surface area contributed by atoms with Crippen molar-refractivity contribution < 1.29 is 9.53 Å². The van der Waals surface area contributed by atoms with Gasteiger partial charge in [-0.25, -0.2) is 4.98 Å². The van der Waals surface area contributed by atoms with E-state index < -0.39 is 0 Å². The highest BCUT2D eigenvalue weighted by Gasteiger charge is 2.18. The Bertz CT molecular complexity index is 717. The number of carbonyl (C=O) groups is 1. The molecule has 1 aliphatic heterocycles. The third-order valence-electron chi connectivity index (χ3n) is 3.59. The Morgan fingerprint density at radius 3 is 3.00 bits per heavy atom. The predicted octanol–water partition coefficient (Wildman–Crippen LogP) is 4.29. The van der Waals surface area contributed by atoms with Crippen LogP contribution in [-0.2, 0) is 0 Å². The summed E-state index contributed by atoms with van der Waals surface area (Å²) in [5.74, 6) is 2.45. The first-order chi connectivity index (χ1) is 11.1. The summed E-state index contributed by atoms with van der Waals surface area (Å²) in [6.45, 7) is 1.98. The molecule has 2 aromatic rings. The van der Waals surface area contributed by atoms with E-state index in [1.165, 1.54) is 0 Å². The van der Waals surface area contributed by atoms with Gasteiger partial charge < -0.3 is 10.1 Å². The first-order valence-corrected chi connectivity index (χ1v) is 9.34. The Hall–Kier alpha value is -1.53. The highest BCUT2D eigenvalue weighted by molar-refractivity contribution is 9.10. The lowest BCUT2D eigenvalue weighted by molar-refractivity contribution is 0.102. The van der Waals surface area contributed by atoms with Crippen LogP contribution < -0.4 is 10.1 Å². The van der Waals surface area contributed by atoms with Crippen molar-refractivity contribution in [1.29, 1.82) is 0 Å². The molecule has 1 saturated heterocycles. The van der Waals surface area contributed by atoms with Gasteiger partial charge in [0, 0.05) is 33.7 Å². The minimum atomic E-state index is -0.167. The van der Waals surface area contributed by atoms with Crippen molar-refractivity contribution in [2.45, 2.75) is 19.4 Å². The Labute approximate surface area is 148 Å². The van der Waals surface area contributed by atoms with E-state index in [2.05, 4.69) is 26.2 Å². The molecule has 1 N–H and O–H groups in total. The molecule has 1 aliphatic rings. The third kappa shape index (κ3) is 4.26. The second kappa shape index (κ2) is 7.36. The predicted molar refractivity (Wildman–Crippen MR) is 97.4 cm³/mol. The number of halogens is 1. The number of nitrogens with zero attached hydrogens (tertiary/aromatic N) is 1. The van der Waals surface area contributed by atoms with E-state index >= 15 is 0 Å². The number of hydrogen-bond acceptors (Lipinski definition) is 4.